The lowest BCUT2D eigenvalue weighted by Gasteiger charge is -2.43. The van der Waals surface area contributed by atoms with E-state index in [1.165, 1.54) is 42.4 Å². The standard InChI is InChI=1S/C33H40F2N8O3/c1-4-33(44)39-26-18-27(30(45-3)19-29(26)42-14-12-41(13-15-42)23-7-10-40(2)11-8-23)38-31-20-32(37-21-36-31)43-28(9-16-46-43)24-6-5-22(34)17-25(24)35/h4-6,17-21,23,28H,1,7-16H2,2-3H3,(H,39,44)(H,36,37,38)/t28-/m1/s1. The van der Waals surface area contributed by atoms with Gasteiger partial charge in [-0.25, -0.2) is 23.8 Å². The molecule has 3 fully saturated rings. The van der Waals surface area contributed by atoms with Crippen LogP contribution in [-0.2, 0) is 9.63 Å². The van der Waals surface area contributed by atoms with Crippen LogP contribution in [0.15, 0.2) is 55.4 Å². The molecule has 244 valence electrons. The van der Waals surface area contributed by atoms with Crippen molar-refractivity contribution in [2.45, 2.75) is 31.3 Å². The highest BCUT2D eigenvalue weighted by Gasteiger charge is 2.32. The summed E-state index contributed by atoms with van der Waals surface area (Å²) in [5.74, 6) is -0.210. The van der Waals surface area contributed by atoms with Gasteiger partial charge in [0.25, 0.3) is 0 Å². The molecule has 0 spiro atoms. The third-order valence-corrected chi connectivity index (χ3v) is 8.99. The molecule has 0 saturated carbocycles. The van der Waals surface area contributed by atoms with Gasteiger partial charge in [0, 0.05) is 62.4 Å². The second-order valence-corrected chi connectivity index (χ2v) is 11.8. The fraction of sp³-hybridized carbons (Fsp3) is 0.424. The zero-order valence-corrected chi connectivity index (χ0v) is 26.2. The van der Waals surface area contributed by atoms with E-state index in [2.05, 4.69) is 48.9 Å². The molecule has 0 bridgehead atoms. The van der Waals surface area contributed by atoms with Gasteiger partial charge in [-0.15, -0.1) is 0 Å². The van der Waals surface area contributed by atoms with Gasteiger partial charge in [-0.2, -0.15) is 0 Å². The SMILES string of the molecule is C=CC(=O)Nc1cc(Nc2cc(N3OCC[C@@H]3c3ccc(F)cc3F)ncn2)c(OC)cc1N1CCN(C2CCN(C)CC2)CC1. The summed E-state index contributed by atoms with van der Waals surface area (Å²) >= 11 is 0. The van der Waals surface area contributed by atoms with Crippen molar-refractivity contribution in [1.82, 2.24) is 19.8 Å². The summed E-state index contributed by atoms with van der Waals surface area (Å²) < 4.78 is 34.0. The number of amides is 1. The number of piperidine rings is 1. The number of carbonyl (C=O) groups is 1. The summed E-state index contributed by atoms with van der Waals surface area (Å²) in [7, 11) is 3.77. The normalized spacial score (nSPS) is 19.7. The number of halogens is 2. The lowest BCUT2D eigenvalue weighted by atomic mass is 10.0. The summed E-state index contributed by atoms with van der Waals surface area (Å²) in [6, 6.07) is 9.07. The number of hydroxylamine groups is 1. The fourth-order valence-corrected chi connectivity index (χ4v) is 6.49. The maximum absolute atomic E-state index is 14.7. The minimum atomic E-state index is -0.643. The molecule has 11 nitrogen and oxygen atoms in total. The van der Waals surface area contributed by atoms with Crippen molar-refractivity contribution in [2.24, 2.45) is 0 Å². The molecule has 6 rings (SSSR count). The number of nitrogens with one attached hydrogen (secondary N) is 2. The van der Waals surface area contributed by atoms with Crippen LogP contribution < -0.4 is 25.3 Å². The molecule has 2 aromatic carbocycles. The van der Waals surface area contributed by atoms with Gasteiger partial charge < -0.3 is 25.2 Å². The second-order valence-electron chi connectivity index (χ2n) is 11.8. The highest BCUT2D eigenvalue weighted by molar-refractivity contribution is 6.02. The van der Waals surface area contributed by atoms with E-state index in [1.807, 2.05) is 12.1 Å². The average Bonchev–Trinajstić information content (AvgIpc) is 3.55. The topological polar surface area (TPSA) is 98.3 Å². The highest BCUT2D eigenvalue weighted by atomic mass is 19.1. The van der Waals surface area contributed by atoms with Crippen molar-refractivity contribution in [3.63, 3.8) is 0 Å². The van der Waals surface area contributed by atoms with Crippen LogP contribution in [-0.4, -0.2) is 91.7 Å². The molecule has 0 aliphatic carbocycles. The van der Waals surface area contributed by atoms with Gasteiger partial charge >= 0.3 is 0 Å². The van der Waals surface area contributed by atoms with Crippen molar-refractivity contribution in [1.29, 1.82) is 0 Å². The molecule has 2 N–H and O–H groups in total. The fourth-order valence-electron chi connectivity index (χ4n) is 6.49. The van der Waals surface area contributed by atoms with Crippen LogP contribution in [0, 0.1) is 11.6 Å². The van der Waals surface area contributed by atoms with Crippen LogP contribution in [0.4, 0.5) is 37.5 Å². The highest BCUT2D eigenvalue weighted by Crippen LogP contribution is 2.40. The average molecular weight is 635 g/mol. The molecule has 13 heteroatoms. The molecule has 3 aliphatic heterocycles. The lowest BCUT2D eigenvalue weighted by molar-refractivity contribution is -0.111. The number of anilines is 5. The maximum atomic E-state index is 14.7. The third kappa shape index (κ3) is 6.91. The van der Waals surface area contributed by atoms with Gasteiger partial charge in [0.1, 0.15) is 29.5 Å². The molecular weight excluding hydrogens is 594 g/mol. The molecular formula is C33H40F2N8O3. The Morgan fingerprint density at radius 3 is 2.52 bits per heavy atom. The number of carbonyl (C=O) groups excluding carboxylic acids is 1. The Balaban J connectivity index is 1.23. The van der Waals surface area contributed by atoms with Gasteiger partial charge in [0.05, 0.1) is 36.8 Å². The van der Waals surface area contributed by atoms with Crippen molar-refractivity contribution < 1.29 is 23.1 Å². The first kappa shape index (κ1) is 31.6. The van der Waals surface area contributed by atoms with Crippen molar-refractivity contribution >= 4 is 34.6 Å². The first-order chi connectivity index (χ1) is 22.3. The molecule has 3 saturated heterocycles. The number of likely N-dealkylation sites (tertiary alicyclic amines) is 1. The third-order valence-electron chi connectivity index (χ3n) is 8.99. The van der Waals surface area contributed by atoms with Gasteiger partial charge in [-0.1, -0.05) is 12.6 Å². The Kier molecular flexibility index (Phi) is 9.61. The Labute approximate surface area is 267 Å². The van der Waals surface area contributed by atoms with E-state index in [9.17, 15) is 13.6 Å². The van der Waals surface area contributed by atoms with Crippen LogP contribution >= 0.6 is 0 Å². The number of benzene rings is 2. The van der Waals surface area contributed by atoms with Crippen LogP contribution in [0.3, 0.4) is 0 Å². The number of nitrogens with zero attached hydrogens (tertiary/aromatic N) is 6. The smallest absolute Gasteiger partial charge is 0.247 e. The maximum Gasteiger partial charge on any atom is 0.247 e. The van der Waals surface area contributed by atoms with E-state index in [0.717, 1.165) is 51.0 Å². The zero-order valence-electron chi connectivity index (χ0n) is 26.2. The summed E-state index contributed by atoms with van der Waals surface area (Å²) in [6.45, 7) is 9.75. The molecule has 1 aromatic heterocycles. The van der Waals surface area contributed by atoms with E-state index >= 15 is 0 Å². The first-order valence-electron chi connectivity index (χ1n) is 15.6. The molecule has 1 amide bonds. The predicted octanol–water partition coefficient (Wildman–Crippen LogP) is 4.73. The molecule has 1 atom stereocenters. The molecule has 0 unspecified atom stereocenters. The number of ether oxygens (including phenoxy) is 1. The Morgan fingerprint density at radius 2 is 1.80 bits per heavy atom. The molecule has 3 aromatic rings. The molecule has 0 radical (unpaired) electrons. The number of piperazine rings is 1. The Morgan fingerprint density at radius 1 is 1.02 bits per heavy atom. The summed E-state index contributed by atoms with van der Waals surface area (Å²) in [5.41, 5.74) is 2.37. The van der Waals surface area contributed by atoms with Crippen molar-refractivity contribution in [3.8, 4) is 5.75 Å². The number of rotatable bonds is 9. The number of hydrogen-bond acceptors (Lipinski definition) is 10. The predicted molar refractivity (Wildman–Crippen MR) is 174 cm³/mol. The van der Waals surface area contributed by atoms with Crippen LogP contribution in [0.5, 0.6) is 5.75 Å². The summed E-state index contributed by atoms with van der Waals surface area (Å²) in [5, 5.41) is 7.77. The largest absolute Gasteiger partial charge is 0.494 e. The van der Waals surface area contributed by atoms with Crippen molar-refractivity contribution in [3.05, 3.63) is 72.6 Å². The van der Waals surface area contributed by atoms with Crippen LogP contribution in [0.1, 0.15) is 30.9 Å². The van der Waals surface area contributed by atoms with E-state index in [-0.39, 0.29) is 5.91 Å². The van der Waals surface area contributed by atoms with Gasteiger partial charge in [-0.05, 0) is 51.2 Å². The van der Waals surface area contributed by atoms with Crippen LogP contribution in [0.2, 0.25) is 0 Å². The van der Waals surface area contributed by atoms with Crippen LogP contribution in [0.25, 0.3) is 0 Å². The summed E-state index contributed by atoms with van der Waals surface area (Å²) in [4.78, 5) is 34.3. The van der Waals surface area contributed by atoms with E-state index < -0.39 is 17.7 Å². The minimum Gasteiger partial charge on any atom is -0.494 e. The quantitative estimate of drug-likeness (QED) is 0.322. The minimum absolute atomic E-state index is 0.319. The Hall–Kier alpha value is -4.33. The molecule has 4 heterocycles. The second kappa shape index (κ2) is 14.0. The first-order valence-corrected chi connectivity index (χ1v) is 15.6. The van der Waals surface area contributed by atoms with E-state index in [4.69, 9.17) is 9.57 Å². The van der Waals surface area contributed by atoms with Gasteiger partial charge in [0.15, 0.2) is 5.82 Å². The Bertz CT molecular complexity index is 1560. The number of aromatic nitrogens is 2. The van der Waals surface area contributed by atoms with Crippen molar-refractivity contribution in [2.75, 3.05) is 80.6 Å². The number of methoxy groups -OCH3 is 1. The monoisotopic (exact) mass is 634 g/mol. The molecule has 46 heavy (non-hydrogen) atoms. The van der Waals surface area contributed by atoms with Gasteiger partial charge in [0.2, 0.25) is 5.91 Å². The summed E-state index contributed by atoms with van der Waals surface area (Å²) in [6.07, 6.45) is 5.49. The molecule has 3 aliphatic rings. The lowest BCUT2D eigenvalue weighted by Crippen LogP contribution is -2.53. The van der Waals surface area contributed by atoms with E-state index in [0.29, 0.717) is 53.4 Å². The number of hydrogen-bond donors (Lipinski definition) is 2. The zero-order chi connectivity index (χ0) is 32.2. The van der Waals surface area contributed by atoms with Gasteiger partial charge in [-0.3, -0.25) is 14.5 Å². The van der Waals surface area contributed by atoms with E-state index in [1.54, 1.807) is 13.2 Å².